The fourth-order valence-electron chi connectivity index (χ4n) is 3.20. The average molecular weight is 325 g/mol. The van der Waals surface area contributed by atoms with Crippen LogP contribution < -0.4 is 4.74 Å². The number of ether oxygens (including phenoxy) is 2. The summed E-state index contributed by atoms with van der Waals surface area (Å²) in [6, 6.07) is 15.6. The van der Waals surface area contributed by atoms with Gasteiger partial charge in [-0.25, -0.2) is 0 Å². The summed E-state index contributed by atoms with van der Waals surface area (Å²) in [4.78, 5) is 14.7. The van der Waals surface area contributed by atoms with E-state index < -0.39 is 0 Å². The van der Waals surface area contributed by atoms with Crippen LogP contribution in [0.5, 0.6) is 5.75 Å². The molecule has 1 unspecified atom stereocenters. The van der Waals surface area contributed by atoms with Crippen LogP contribution >= 0.6 is 0 Å². The van der Waals surface area contributed by atoms with Crippen molar-refractivity contribution in [1.82, 2.24) is 4.90 Å². The molecular formula is C20H23NO3. The van der Waals surface area contributed by atoms with Gasteiger partial charge in [0.1, 0.15) is 5.75 Å². The topological polar surface area (TPSA) is 38.8 Å². The van der Waals surface area contributed by atoms with Crippen molar-refractivity contribution >= 4 is 5.91 Å². The second-order valence-electron chi connectivity index (χ2n) is 6.03. The molecule has 4 nitrogen and oxygen atoms in total. The van der Waals surface area contributed by atoms with Crippen LogP contribution in [0.4, 0.5) is 0 Å². The minimum atomic E-state index is 0.0634. The van der Waals surface area contributed by atoms with Gasteiger partial charge in [-0.15, -0.1) is 0 Å². The Labute approximate surface area is 143 Å². The zero-order valence-corrected chi connectivity index (χ0v) is 14.2. The first-order valence-electron chi connectivity index (χ1n) is 8.28. The van der Waals surface area contributed by atoms with Gasteiger partial charge in [-0.1, -0.05) is 30.3 Å². The third kappa shape index (κ3) is 3.44. The Morgan fingerprint density at radius 1 is 1.12 bits per heavy atom. The lowest BCUT2D eigenvalue weighted by atomic mass is 10.0. The number of hydrogen-bond acceptors (Lipinski definition) is 3. The second-order valence-corrected chi connectivity index (χ2v) is 6.03. The van der Waals surface area contributed by atoms with E-state index in [1.165, 1.54) is 0 Å². The highest BCUT2D eigenvalue weighted by Crippen LogP contribution is 2.30. The van der Waals surface area contributed by atoms with E-state index in [2.05, 4.69) is 0 Å². The molecule has 1 amide bonds. The molecule has 0 saturated carbocycles. The standard InChI is InChI=1S/C20H23NO3/c1-23-17-9-6-12-21(14-17)20(22)16-8-5-7-15(13-16)18-10-3-4-11-19(18)24-2/h3-5,7-8,10-11,13,17H,6,9,12,14H2,1-2H3. The number of rotatable bonds is 4. The van der Waals surface area contributed by atoms with Gasteiger partial charge in [-0.05, 0) is 36.6 Å². The van der Waals surface area contributed by atoms with Crippen LogP contribution in [-0.2, 0) is 4.74 Å². The van der Waals surface area contributed by atoms with Gasteiger partial charge in [0.2, 0.25) is 0 Å². The molecule has 126 valence electrons. The third-order valence-electron chi connectivity index (χ3n) is 4.53. The highest BCUT2D eigenvalue weighted by molar-refractivity contribution is 5.95. The van der Waals surface area contributed by atoms with Crippen molar-refractivity contribution in [3.05, 3.63) is 54.1 Å². The number of benzene rings is 2. The highest BCUT2D eigenvalue weighted by atomic mass is 16.5. The summed E-state index contributed by atoms with van der Waals surface area (Å²) in [5.41, 5.74) is 2.68. The Morgan fingerprint density at radius 3 is 2.75 bits per heavy atom. The minimum Gasteiger partial charge on any atom is -0.496 e. The molecule has 0 aromatic heterocycles. The van der Waals surface area contributed by atoms with Gasteiger partial charge in [0, 0.05) is 31.3 Å². The van der Waals surface area contributed by atoms with Crippen molar-refractivity contribution in [1.29, 1.82) is 0 Å². The molecule has 1 aliphatic heterocycles. The second kappa shape index (κ2) is 7.49. The zero-order chi connectivity index (χ0) is 16.9. The highest BCUT2D eigenvalue weighted by Gasteiger charge is 2.24. The number of likely N-dealkylation sites (tertiary alicyclic amines) is 1. The number of carbonyl (C=O) groups excluding carboxylic acids is 1. The van der Waals surface area contributed by atoms with E-state index in [1.807, 2.05) is 53.4 Å². The van der Waals surface area contributed by atoms with Crippen molar-refractivity contribution in [3.63, 3.8) is 0 Å². The number of amides is 1. The van der Waals surface area contributed by atoms with Gasteiger partial charge in [0.25, 0.3) is 5.91 Å². The molecule has 1 atom stereocenters. The SMILES string of the molecule is COc1ccccc1-c1cccc(C(=O)N2CCCC(OC)C2)c1. The van der Waals surface area contributed by atoms with Crippen LogP contribution in [0.2, 0.25) is 0 Å². The van der Waals surface area contributed by atoms with Crippen LogP contribution in [0, 0.1) is 0 Å². The fraction of sp³-hybridized carbons (Fsp3) is 0.350. The smallest absolute Gasteiger partial charge is 0.253 e. The van der Waals surface area contributed by atoms with Gasteiger partial charge in [-0.2, -0.15) is 0 Å². The van der Waals surface area contributed by atoms with Crippen LogP contribution in [0.1, 0.15) is 23.2 Å². The maximum Gasteiger partial charge on any atom is 0.253 e. The molecule has 1 heterocycles. The molecule has 0 N–H and O–H groups in total. The summed E-state index contributed by atoms with van der Waals surface area (Å²) in [5, 5.41) is 0. The summed E-state index contributed by atoms with van der Waals surface area (Å²) in [5.74, 6) is 0.869. The summed E-state index contributed by atoms with van der Waals surface area (Å²) in [6.07, 6.45) is 2.14. The van der Waals surface area contributed by atoms with Crippen LogP contribution in [-0.4, -0.2) is 44.2 Å². The van der Waals surface area contributed by atoms with E-state index in [-0.39, 0.29) is 12.0 Å². The normalized spacial score (nSPS) is 17.6. The molecule has 0 radical (unpaired) electrons. The van der Waals surface area contributed by atoms with Gasteiger partial charge in [-0.3, -0.25) is 4.79 Å². The molecule has 1 fully saturated rings. The van der Waals surface area contributed by atoms with Crippen LogP contribution in [0.25, 0.3) is 11.1 Å². The number of hydrogen-bond donors (Lipinski definition) is 0. The molecule has 2 aromatic rings. The summed E-state index contributed by atoms with van der Waals surface area (Å²) in [7, 11) is 3.37. The summed E-state index contributed by atoms with van der Waals surface area (Å²) in [6.45, 7) is 1.45. The largest absolute Gasteiger partial charge is 0.496 e. The number of nitrogens with zero attached hydrogens (tertiary/aromatic N) is 1. The first-order chi connectivity index (χ1) is 11.7. The first kappa shape index (κ1) is 16.5. The molecule has 4 heteroatoms. The molecule has 1 saturated heterocycles. The van der Waals surface area contributed by atoms with Gasteiger partial charge in [0.05, 0.1) is 13.2 Å². The lowest BCUT2D eigenvalue weighted by molar-refractivity contribution is 0.0269. The number of methoxy groups -OCH3 is 2. The molecule has 1 aliphatic rings. The Hall–Kier alpha value is -2.33. The van der Waals surface area contributed by atoms with Crippen molar-refractivity contribution in [2.45, 2.75) is 18.9 Å². The zero-order valence-electron chi connectivity index (χ0n) is 14.2. The average Bonchev–Trinajstić information content (AvgIpc) is 2.67. The summed E-state index contributed by atoms with van der Waals surface area (Å²) >= 11 is 0. The predicted octanol–water partition coefficient (Wildman–Crippen LogP) is 3.61. The van der Waals surface area contributed by atoms with E-state index >= 15 is 0 Å². The van der Waals surface area contributed by atoms with E-state index in [1.54, 1.807) is 14.2 Å². The molecular weight excluding hydrogens is 302 g/mol. The van der Waals surface area contributed by atoms with E-state index in [0.717, 1.165) is 36.3 Å². The quantitative estimate of drug-likeness (QED) is 0.862. The Balaban J connectivity index is 1.86. The van der Waals surface area contributed by atoms with Crippen LogP contribution in [0.15, 0.2) is 48.5 Å². The maximum absolute atomic E-state index is 12.8. The predicted molar refractivity (Wildman–Crippen MR) is 94.4 cm³/mol. The molecule has 0 spiro atoms. The number of carbonyl (C=O) groups is 1. The Bertz CT molecular complexity index is 714. The van der Waals surface area contributed by atoms with Crippen LogP contribution in [0.3, 0.4) is 0 Å². The number of para-hydroxylation sites is 1. The van der Waals surface area contributed by atoms with Gasteiger partial charge < -0.3 is 14.4 Å². The molecule has 0 bridgehead atoms. The molecule has 24 heavy (non-hydrogen) atoms. The maximum atomic E-state index is 12.8. The minimum absolute atomic E-state index is 0.0634. The third-order valence-corrected chi connectivity index (χ3v) is 4.53. The fourth-order valence-corrected chi connectivity index (χ4v) is 3.20. The van der Waals surface area contributed by atoms with E-state index in [9.17, 15) is 4.79 Å². The van der Waals surface area contributed by atoms with Crippen molar-refractivity contribution in [2.75, 3.05) is 27.3 Å². The Kier molecular flexibility index (Phi) is 5.16. The number of piperidine rings is 1. The van der Waals surface area contributed by atoms with E-state index in [0.29, 0.717) is 12.1 Å². The molecule has 3 rings (SSSR count). The Morgan fingerprint density at radius 2 is 1.96 bits per heavy atom. The first-order valence-corrected chi connectivity index (χ1v) is 8.28. The van der Waals surface area contributed by atoms with Crippen molar-refractivity contribution < 1.29 is 14.3 Å². The lowest BCUT2D eigenvalue weighted by Crippen LogP contribution is -2.42. The van der Waals surface area contributed by atoms with Crippen molar-refractivity contribution in [3.8, 4) is 16.9 Å². The molecule has 2 aromatic carbocycles. The molecule has 0 aliphatic carbocycles. The van der Waals surface area contributed by atoms with E-state index in [4.69, 9.17) is 9.47 Å². The monoisotopic (exact) mass is 325 g/mol. The summed E-state index contributed by atoms with van der Waals surface area (Å²) < 4.78 is 10.9. The van der Waals surface area contributed by atoms with Crippen molar-refractivity contribution in [2.24, 2.45) is 0 Å². The van der Waals surface area contributed by atoms with Gasteiger partial charge >= 0.3 is 0 Å². The van der Waals surface area contributed by atoms with Gasteiger partial charge in [0.15, 0.2) is 0 Å². The lowest BCUT2D eigenvalue weighted by Gasteiger charge is -2.32.